The molecule has 3 nitrogen and oxygen atoms in total. The third kappa shape index (κ3) is 3.82. The van der Waals surface area contributed by atoms with E-state index in [0.29, 0.717) is 18.3 Å². The van der Waals surface area contributed by atoms with Crippen LogP contribution < -0.4 is 5.32 Å². The molecule has 2 aromatic carbocycles. The summed E-state index contributed by atoms with van der Waals surface area (Å²) in [6.07, 6.45) is 5.64. The van der Waals surface area contributed by atoms with Crippen LogP contribution >= 0.6 is 0 Å². The molecule has 2 atom stereocenters. The Kier molecular flexibility index (Phi) is 4.38. The summed E-state index contributed by atoms with van der Waals surface area (Å²) in [5, 5.41) is 3.09. The molecule has 3 heteroatoms. The Morgan fingerprint density at radius 3 is 2.40 bits per heavy atom. The smallest absolute Gasteiger partial charge is 0.224 e. The average Bonchev–Trinajstić information content (AvgIpc) is 3.23. The van der Waals surface area contributed by atoms with Gasteiger partial charge >= 0.3 is 0 Å². The molecule has 25 heavy (non-hydrogen) atoms. The molecule has 1 aromatic heterocycles. The largest absolute Gasteiger partial charge is 0.356 e. The SMILES string of the molecule is O=C(Cc1ccc(-n2cccc2)cc1)NCC1CC1c1ccccc1. The van der Waals surface area contributed by atoms with Crippen molar-refractivity contribution < 1.29 is 4.79 Å². The Hall–Kier alpha value is -2.81. The van der Waals surface area contributed by atoms with Crippen LogP contribution in [-0.4, -0.2) is 17.0 Å². The van der Waals surface area contributed by atoms with E-state index in [4.69, 9.17) is 0 Å². The van der Waals surface area contributed by atoms with Crippen LogP contribution in [0.4, 0.5) is 0 Å². The number of amides is 1. The van der Waals surface area contributed by atoms with Crippen molar-refractivity contribution >= 4 is 5.91 Å². The molecule has 126 valence electrons. The molecule has 2 unspecified atom stereocenters. The number of nitrogens with one attached hydrogen (secondary N) is 1. The number of nitrogens with zero attached hydrogens (tertiary/aromatic N) is 1. The second kappa shape index (κ2) is 6.98. The molecule has 1 amide bonds. The lowest BCUT2D eigenvalue weighted by Gasteiger charge is -2.07. The fourth-order valence-corrected chi connectivity index (χ4v) is 3.37. The van der Waals surface area contributed by atoms with Crippen LogP contribution in [-0.2, 0) is 11.2 Å². The number of carbonyl (C=O) groups excluding carboxylic acids is 1. The molecule has 0 spiro atoms. The monoisotopic (exact) mass is 330 g/mol. The second-order valence-corrected chi connectivity index (χ2v) is 6.75. The maximum absolute atomic E-state index is 12.2. The first-order chi connectivity index (χ1) is 12.3. The molecule has 4 rings (SSSR count). The van der Waals surface area contributed by atoms with Crippen molar-refractivity contribution in [2.75, 3.05) is 6.54 Å². The molecule has 0 bridgehead atoms. The fourth-order valence-electron chi connectivity index (χ4n) is 3.37. The number of benzene rings is 2. The number of carbonyl (C=O) groups is 1. The summed E-state index contributed by atoms with van der Waals surface area (Å²) < 4.78 is 2.06. The van der Waals surface area contributed by atoms with Crippen molar-refractivity contribution in [3.63, 3.8) is 0 Å². The van der Waals surface area contributed by atoms with E-state index >= 15 is 0 Å². The van der Waals surface area contributed by atoms with Gasteiger partial charge < -0.3 is 9.88 Å². The van der Waals surface area contributed by atoms with Gasteiger partial charge in [0.1, 0.15) is 0 Å². The van der Waals surface area contributed by atoms with Crippen LogP contribution in [0.1, 0.15) is 23.5 Å². The lowest BCUT2D eigenvalue weighted by Crippen LogP contribution is -2.27. The van der Waals surface area contributed by atoms with E-state index in [0.717, 1.165) is 17.8 Å². The average molecular weight is 330 g/mol. The quantitative estimate of drug-likeness (QED) is 0.730. The molecule has 1 fully saturated rings. The van der Waals surface area contributed by atoms with E-state index in [1.807, 2.05) is 42.7 Å². The zero-order valence-corrected chi connectivity index (χ0v) is 14.1. The van der Waals surface area contributed by atoms with Gasteiger partial charge in [-0.15, -0.1) is 0 Å². The van der Waals surface area contributed by atoms with Crippen LogP contribution in [0.3, 0.4) is 0 Å². The van der Waals surface area contributed by atoms with Crippen LogP contribution in [0.15, 0.2) is 79.1 Å². The van der Waals surface area contributed by atoms with Crippen molar-refractivity contribution in [2.24, 2.45) is 5.92 Å². The third-order valence-electron chi connectivity index (χ3n) is 4.92. The first-order valence-corrected chi connectivity index (χ1v) is 8.83. The van der Waals surface area contributed by atoms with Crippen molar-refractivity contribution in [1.29, 1.82) is 0 Å². The van der Waals surface area contributed by atoms with E-state index in [1.165, 1.54) is 12.0 Å². The van der Waals surface area contributed by atoms with E-state index in [-0.39, 0.29) is 5.91 Å². The van der Waals surface area contributed by atoms with Crippen molar-refractivity contribution in [3.05, 3.63) is 90.3 Å². The topological polar surface area (TPSA) is 34.0 Å². The zero-order valence-electron chi connectivity index (χ0n) is 14.1. The summed E-state index contributed by atoms with van der Waals surface area (Å²) in [7, 11) is 0. The van der Waals surface area contributed by atoms with Crippen LogP contribution in [0.25, 0.3) is 5.69 Å². The normalized spacial score (nSPS) is 18.7. The van der Waals surface area contributed by atoms with Gasteiger partial charge in [-0.25, -0.2) is 0 Å². The maximum Gasteiger partial charge on any atom is 0.224 e. The van der Waals surface area contributed by atoms with Crippen LogP contribution in [0, 0.1) is 5.92 Å². The minimum absolute atomic E-state index is 0.104. The van der Waals surface area contributed by atoms with Gasteiger partial charge in [-0.1, -0.05) is 42.5 Å². The van der Waals surface area contributed by atoms with Gasteiger partial charge in [-0.3, -0.25) is 4.79 Å². The first kappa shape index (κ1) is 15.7. The van der Waals surface area contributed by atoms with Crippen LogP contribution in [0.2, 0.25) is 0 Å². The van der Waals surface area contributed by atoms with Gasteiger partial charge in [0.15, 0.2) is 0 Å². The number of hydrogen-bond acceptors (Lipinski definition) is 1. The third-order valence-corrected chi connectivity index (χ3v) is 4.92. The molecule has 0 aliphatic heterocycles. The van der Waals surface area contributed by atoms with Gasteiger partial charge in [0.05, 0.1) is 6.42 Å². The number of rotatable bonds is 6. The van der Waals surface area contributed by atoms with Crippen molar-refractivity contribution in [1.82, 2.24) is 9.88 Å². The predicted molar refractivity (Wildman–Crippen MR) is 99.8 cm³/mol. The molecule has 1 heterocycles. The Balaban J connectivity index is 1.26. The molecule has 1 saturated carbocycles. The minimum atomic E-state index is 0.104. The minimum Gasteiger partial charge on any atom is -0.356 e. The summed E-state index contributed by atoms with van der Waals surface area (Å²) in [6.45, 7) is 0.778. The van der Waals surface area contributed by atoms with E-state index in [9.17, 15) is 4.79 Å². The molecule has 1 aliphatic carbocycles. The second-order valence-electron chi connectivity index (χ2n) is 6.75. The lowest BCUT2D eigenvalue weighted by atomic mass is 10.1. The summed E-state index contributed by atoms with van der Waals surface area (Å²) in [5.41, 5.74) is 3.55. The summed E-state index contributed by atoms with van der Waals surface area (Å²) in [4.78, 5) is 12.2. The summed E-state index contributed by atoms with van der Waals surface area (Å²) >= 11 is 0. The summed E-state index contributed by atoms with van der Waals surface area (Å²) in [6, 6.07) is 22.7. The summed E-state index contributed by atoms with van der Waals surface area (Å²) in [5.74, 6) is 1.30. The molecule has 1 N–H and O–H groups in total. The fraction of sp³-hybridized carbons (Fsp3) is 0.227. The van der Waals surface area contributed by atoms with Gasteiger partial charge in [-0.2, -0.15) is 0 Å². The lowest BCUT2D eigenvalue weighted by molar-refractivity contribution is -0.120. The highest BCUT2D eigenvalue weighted by Crippen LogP contribution is 2.46. The number of hydrogen-bond donors (Lipinski definition) is 1. The maximum atomic E-state index is 12.2. The zero-order chi connectivity index (χ0) is 17.1. The van der Waals surface area contributed by atoms with E-state index < -0.39 is 0 Å². The highest BCUT2D eigenvalue weighted by atomic mass is 16.1. The Morgan fingerprint density at radius 2 is 1.68 bits per heavy atom. The standard InChI is InChI=1S/C22H22N2O/c25-22(23-16-19-15-21(19)18-6-2-1-3-7-18)14-17-8-10-20(11-9-17)24-12-4-5-13-24/h1-13,19,21H,14-16H2,(H,23,25). The van der Waals surface area contributed by atoms with Gasteiger partial charge in [-0.05, 0) is 53.6 Å². The van der Waals surface area contributed by atoms with Gasteiger partial charge in [0, 0.05) is 24.6 Å². The van der Waals surface area contributed by atoms with E-state index in [2.05, 4.69) is 46.3 Å². The van der Waals surface area contributed by atoms with E-state index in [1.54, 1.807) is 0 Å². The van der Waals surface area contributed by atoms with Crippen molar-refractivity contribution in [3.8, 4) is 5.69 Å². The molecular weight excluding hydrogens is 308 g/mol. The Bertz CT molecular complexity index is 822. The molecular formula is C22H22N2O. The van der Waals surface area contributed by atoms with Crippen LogP contribution in [0.5, 0.6) is 0 Å². The first-order valence-electron chi connectivity index (χ1n) is 8.83. The highest BCUT2D eigenvalue weighted by Gasteiger charge is 2.37. The number of aromatic nitrogens is 1. The van der Waals surface area contributed by atoms with Crippen molar-refractivity contribution in [2.45, 2.75) is 18.8 Å². The predicted octanol–water partition coefficient (Wildman–Crippen LogP) is 3.94. The van der Waals surface area contributed by atoms with Gasteiger partial charge in [0.2, 0.25) is 5.91 Å². The molecule has 0 saturated heterocycles. The molecule has 1 aliphatic rings. The Morgan fingerprint density at radius 1 is 0.960 bits per heavy atom. The molecule has 3 aromatic rings. The Labute approximate surface area is 148 Å². The molecule has 0 radical (unpaired) electrons. The van der Waals surface area contributed by atoms with Gasteiger partial charge in [0.25, 0.3) is 0 Å². The highest BCUT2D eigenvalue weighted by molar-refractivity contribution is 5.78.